The number of nitrogens with one attached hydrogen (secondary N) is 2. The highest BCUT2D eigenvalue weighted by atomic mass is 32.2. The third-order valence-corrected chi connectivity index (χ3v) is 6.61. The van der Waals surface area contributed by atoms with Gasteiger partial charge in [0.1, 0.15) is 0 Å². The molecule has 0 radical (unpaired) electrons. The van der Waals surface area contributed by atoms with Crippen molar-refractivity contribution >= 4 is 19.9 Å². The van der Waals surface area contributed by atoms with Gasteiger partial charge in [-0.1, -0.05) is 6.07 Å². The van der Waals surface area contributed by atoms with E-state index in [0.717, 1.165) is 0 Å². The Labute approximate surface area is 119 Å². The highest BCUT2D eigenvalue weighted by Gasteiger charge is 2.28. The summed E-state index contributed by atoms with van der Waals surface area (Å²) in [5.41, 5.74) is 0.688. The lowest BCUT2D eigenvalue weighted by Gasteiger charge is -2.12. The maximum absolute atomic E-state index is 12.1. The minimum atomic E-state index is -3.69. The van der Waals surface area contributed by atoms with Crippen molar-refractivity contribution in [3.8, 4) is 0 Å². The quantitative estimate of drug-likeness (QED) is 0.791. The average Bonchev–Trinajstić information content (AvgIpc) is 2.71. The van der Waals surface area contributed by atoms with E-state index in [2.05, 4.69) is 10.0 Å². The normalized spacial score (nSPS) is 18.7. The number of aryl methyl sites for hydroxylation is 1. The van der Waals surface area contributed by atoms with E-state index >= 15 is 0 Å². The van der Waals surface area contributed by atoms with Crippen molar-refractivity contribution in [3.05, 3.63) is 23.8 Å². The fourth-order valence-electron chi connectivity index (χ4n) is 1.97. The molecule has 0 spiro atoms. The van der Waals surface area contributed by atoms with Crippen molar-refractivity contribution in [2.75, 3.05) is 19.3 Å². The molecule has 1 aliphatic rings. The number of hydrogen-bond donors (Lipinski definition) is 2. The zero-order valence-electron chi connectivity index (χ0n) is 11.4. The molecule has 112 valence electrons. The maximum Gasteiger partial charge on any atom is 0.240 e. The Morgan fingerprint density at radius 3 is 2.70 bits per heavy atom. The molecule has 0 saturated carbocycles. The van der Waals surface area contributed by atoms with Crippen LogP contribution in [0.3, 0.4) is 0 Å². The second-order valence-electron chi connectivity index (χ2n) is 4.88. The lowest BCUT2D eigenvalue weighted by molar-refractivity contribution is 0.554. The predicted molar refractivity (Wildman–Crippen MR) is 75.9 cm³/mol. The summed E-state index contributed by atoms with van der Waals surface area (Å²) in [5, 5.41) is 2.92. The van der Waals surface area contributed by atoms with Gasteiger partial charge in [-0.25, -0.2) is 21.6 Å². The van der Waals surface area contributed by atoms with Crippen LogP contribution in [0.15, 0.2) is 28.0 Å². The molecule has 1 atom stereocenters. The first-order valence-electron chi connectivity index (χ1n) is 6.29. The third-order valence-electron chi connectivity index (χ3n) is 3.40. The van der Waals surface area contributed by atoms with E-state index in [1.807, 2.05) is 6.92 Å². The molecule has 1 aromatic carbocycles. The standard InChI is InChI=1S/C12H18N2O4S2/c1-9(13-2)8-14-20(17,18)11-4-3-10-5-6-19(15,16)12(10)7-11/h3-4,7,9,13-14H,5-6,8H2,1-2H3. The van der Waals surface area contributed by atoms with Gasteiger partial charge in [-0.05, 0) is 38.1 Å². The summed E-state index contributed by atoms with van der Waals surface area (Å²) in [7, 11) is -5.28. The second-order valence-corrected chi connectivity index (χ2v) is 8.72. The van der Waals surface area contributed by atoms with Crippen molar-refractivity contribution < 1.29 is 16.8 Å². The Morgan fingerprint density at radius 2 is 2.05 bits per heavy atom. The van der Waals surface area contributed by atoms with Gasteiger partial charge in [0.2, 0.25) is 10.0 Å². The molecule has 8 heteroatoms. The summed E-state index contributed by atoms with van der Waals surface area (Å²) in [6.45, 7) is 2.08. The molecule has 0 amide bonds. The molecule has 1 aliphatic heterocycles. The van der Waals surface area contributed by atoms with Gasteiger partial charge in [0.15, 0.2) is 9.84 Å². The van der Waals surface area contributed by atoms with E-state index in [9.17, 15) is 16.8 Å². The molecule has 1 unspecified atom stereocenters. The summed E-state index contributed by atoms with van der Waals surface area (Å²) >= 11 is 0. The molecule has 20 heavy (non-hydrogen) atoms. The molecule has 0 aliphatic carbocycles. The van der Waals surface area contributed by atoms with Crippen molar-refractivity contribution in [3.63, 3.8) is 0 Å². The first-order valence-corrected chi connectivity index (χ1v) is 9.42. The van der Waals surface area contributed by atoms with Crippen molar-refractivity contribution in [1.82, 2.24) is 10.0 Å². The van der Waals surface area contributed by atoms with Crippen LogP contribution in [-0.2, 0) is 26.3 Å². The highest BCUT2D eigenvalue weighted by molar-refractivity contribution is 7.92. The van der Waals surface area contributed by atoms with Crippen LogP contribution in [0.25, 0.3) is 0 Å². The first kappa shape index (κ1) is 15.4. The molecule has 2 N–H and O–H groups in total. The smallest absolute Gasteiger partial charge is 0.240 e. The van der Waals surface area contributed by atoms with Crippen LogP contribution in [0, 0.1) is 0 Å². The largest absolute Gasteiger partial charge is 0.316 e. The fraction of sp³-hybridized carbons (Fsp3) is 0.500. The van der Waals surface area contributed by atoms with Gasteiger partial charge in [0.25, 0.3) is 0 Å². The van der Waals surface area contributed by atoms with E-state index in [4.69, 9.17) is 0 Å². The highest BCUT2D eigenvalue weighted by Crippen LogP contribution is 2.28. The number of sulfone groups is 1. The molecular formula is C12H18N2O4S2. The minimum absolute atomic E-state index is 0.00923. The zero-order valence-corrected chi connectivity index (χ0v) is 13.0. The van der Waals surface area contributed by atoms with E-state index in [0.29, 0.717) is 12.0 Å². The Balaban J connectivity index is 2.30. The first-order chi connectivity index (χ1) is 9.26. The van der Waals surface area contributed by atoms with Gasteiger partial charge in [-0.3, -0.25) is 0 Å². The molecular weight excluding hydrogens is 300 g/mol. The Morgan fingerprint density at radius 1 is 1.35 bits per heavy atom. The molecule has 0 bridgehead atoms. The summed E-state index contributed by atoms with van der Waals surface area (Å²) in [6, 6.07) is 4.27. The monoisotopic (exact) mass is 318 g/mol. The Kier molecular flexibility index (Phi) is 4.19. The summed E-state index contributed by atoms with van der Waals surface area (Å²) in [6.07, 6.45) is 0.447. The molecule has 2 rings (SSSR count). The number of rotatable bonds is 5. The molecule has 0 saturated heterocycles. The van der Waals surface area contributed by atoms with Gasteiger partial charge in [-0.15, -0.1) is 0 Å². The summed E-state index contributed by atoms with van der Waals surface area (Å²) in [5.74, 6) is 0.0516. The number of fused-ring (bicyclic) bond motifs is 1. The fourth-order valence-corrected chi connectivity index (χ4v) is 4.79. The van der Waals surface area contributed by atoms with Gasteiger partial charge in [-0.2, -0.15) is 0 Å². The molecule has 0 aromatic heterocycles. The molecule has 1 heterocycles. The SMILES string of the molecule is CNC(C)CNS(=O)(=O)c1ccc2c(c1)S(=O)(=O)CC2. The van der Waals surface area contributed by atoms with Crippen molar-refractivity contribution in [1.29, 1.82) is 0 Å². The third kappa shape index (κ3) is 3.03. The van der Waals surface area contributed by atoms with Gasteiger partial charge in [0.05, 0.1) is 15.5 Å². The van der Waals surface area contributed by atoms with E-state index in [1.165, 1.54) is 12.1 Å². The topological polar surface area (TPSA) is 92.3 Å². The lowest BCUT2D eigenvalue weighted by Crippen LogP contribution is -2.37. The van der Waals surface area contributed by atoms with Crippen LogP contribution in [-0.4, -0.2) is 42.2 Å². The zero-order chi connectivity index (χ0) is 15.0. The van der Waals surface area contributed by atoms with Crippen LogP contribution in [0.2, 0.25) is 0 Å². The lowest BCUT2D eigenvalue weighted by atomic mass is 10.2. The number of likely N-dealkylation sites (N-methyl/N-ethyl adjacent to an activating group) is 1. The van der Waals surface area contributed by atoms with Crippen molar-refractivity contribution in [2.24, 2.45) is 0 Å². The number of benzene rings is 1. The summed E-state index contributed by atoms with van der Waals surface area (Å²) < 4.78 is 50.4. The van der Waals surface area contributed by atoms with Gasteiger partial charge < -0.3 is 5.32 Å². The molecule has 1 aromatic rings. The number of sulfonamides is 1. The van der Waals surface area contributed by atoms with Crippen LogP contribution in [0.5, 0.6) is 0 Å². The average molecular weight is 318 g/mol. The van der Waals surface area contributed by atoms with Gasteiger partial charge in [0, 0.05) is 12.6 Å². The van der Waals surface area contributed by atoms with Crippen LogP contribution in [0.4, 0.5) is 0 Å². The molecule has 0 fully saturated rings. The van der Waals surface area contributed by atoms with Crippen LogP contribution in [0.1, 0.15) is 12.5 Å². The van der Waals surface area contributed by atoms with E-state index < -0.39 is 19.9 Å². The second kappa shape index (κ2) is 5.44. The van der Waals surface area contributed by atoms with Crippen LogP contribution >= 0.6 is 0 Å². The maximum atomic E-state index is 12.1. The molecule has 6 nitrogen and oxygen atoms in total. The van der Waals surface area contributed by atoms with E-state index in [-0.39, 0.29) is 28.1 Å². The van der Waals surface area contributed by atoms with E-state index in [1.54, 1.807) is 13.1 Å². The number of hydrogen-bond acceptors (Lipinski definition) is 5. The van der Waals surface area contributed by atoms with Crippen molar-refractivity contribution in [2.45, 2.75) is 29.2 Å². The summed E-state index contributed by atoms with van der Waals surface area (Å²) in [4.78, 5) is 0.132. The Bertz CT molecular complexity index is 711. The Hall–Kier alpha value is -0.960. The van der Waals surface area contributed by atoms with Crippen LogP contribution < -0.4 is 10.0 Å². The minimum Gasteiger partial charge on any atom is -0.316 e. The predicted octanol–water partition coefficient (Wildman–Crippen LogP) is -0.0974. The van der Waals surface area contributed by atoms with Gasteiger partial charge >= 0.3 is 0 Å².